The summed E-state index contributed by atoms with van der Waals surface area (Å²) in [6, 6.07) is 12.3. The van der Waals surface area contributed by atoms with Gasteiger partial charge in [-0.15, -0.1) is 11.8 Å². The summed E-state index contributed by atoms with van der Waals surface area (Å²) in [4.78, 5) is 5.69. The number of aromatic nitrogens is 1. The molecule has 1 aromatic heterocycles. The molecule has 2 nitrogen and oxygen atoms in total. The van der Waals surface area contributed by atoms with Crippen molar-refractivity contribution in [3.05, 3.63) is 58.3 Å². The predicted molar refractivity (Wildman–Crippen MR) is 90.8 cm³/mol. The van der Waals surface area contributed by atoms with Gasteiger partial charge in [0.25, 0.3) is 0 Å². The van der Waals surface area contributed by atoms with Gasteiger partial charge in [-0.05, 0) is 59.0 Å². The highest BCUT2D eigenvalue weighted by atomic mass is 79.9. The summed E-state index contributed by atoms with van der Waals surface area (Å²) in [5.41, 5.74) is 2.41. The minimum atomic E-state index is -0.351. The summed E-state index contributed by atoms with van der Waals surface area (Å²) in [7, 11) is 0. The van der Waals surface area contributed by atoms with Crippen LogP contribution in [0.2, 0.25) is 0 Å². The fourth-order valence-corrected chi connectivity index (χ4v) is 4.46. The molecule has 0 aliphatic heterocycles. The minimum Gasteiger partial charge on any atom is -0.392 e. The van der Waals surface area contributed by atoms with E-state index in [1.165, 1.54) is 10.5 Å². The van der Waals surface area contributed by atoms with E-state index in [2.05, 4.69) is 33.0 Å². The average Bonchev–Trinajstić information content (AvgIpc) is 2.53. The molecule has 4 heteroatoms. The molecule has 0 saturated heterocycles. The Morgan fingerprint density at radius 2 is 2.14 bits per heavy atom. The van der Waals surface area contributed by atoms with Crippen LogP contribution >= 0.6 is 27.7 Å². The predicted octanol–water partition coefficient (Wildman–Crippen LogP) is 4.42. The fraction of sp³-hybridized carbons (Fsp3) is 0.353. The van der Waals surface area contributed by atoms with Crippen LogP contribution in [0.5, 0.6) is 0 Å². The maximum Gasteiger partial charge on any atom is 0.0717 e. The van der Waals surface area contributed by atoms with Gasteiger partial charge in [0.15, 0.2) is 0 Å². The summed E-state index contributed by atoms with van der Waals surface area (Å²) < 4.78 is 1.09. The monoisotopic (exact) mass is 363 g/mol. The molecule has 0 fully saturated rings. The van der Waals surface area contributed by atoms with E-state index in [-0.39, 0.29) is 12.0 Å². The van der Waals surface area contributed by atoms with Gasteiger partial charge in [0, 0.05) is 32.9 Å². The molecule has 0 spiro atoms. The van der Waals surface area contributed by atoms with Crippen LogP contribution in [0.15, 0.2) is 52.0 Å². The van der Waals surface area contributed by atoms with Crippen LogP contribution < -0.4 is 0 Å². The Morgan fingerprint density at radius 1 is 1.29 bits per heavy atom. The summed E-state index contributed by atoms with van der Waals surface area (Å²) in [6.45, 7) is 0. The zero-order chi connectivity index (χ0) is 14.7. The number of rotatable bonds is 4. The molecule has 2 atom stereocenters. The van der Waals surface area contributed by atoms with E-state index in [0.717, 1.165) is 29.4 Å². The van der Waals surface area contributed by atoms with E-state index in [0.29, 0.717) is 5.75 Å². The molecular formula is C17H18BrNOS. The normalized spacial score (nSPS) is 19.0. The molecule has 0 bridgehead atoms. The third-order valence-electron chi connectivity index (χ3n) is 3.95. The first-order valence-corrected chi connectivity index (χ1v) is 9.03. The van der Waals surface area contributed by atoms with Gasteiger partial charge >= 0.3 is 0 Å². The maximum absolute atomic E-state index is 10.6. The fourth-order valence-electron chi connectivity index (χ4n) is 2.87. The maximum atomic E-state index is 10.6. The van der Waals surface area contributed by atoms with Gasteiger partial charge in [-0.1, -0.05) is 18.2 Å². The standard InChI is InChI=1S/C17H18BrNOS/c18-14-8-1-2-9-16(14)21-11-15(20)13-7-3-5-12-6-4-10-19-17(12)13/h1-2,4,6,8-10,13,15,20H,3,5,7,11H2. The van der Waals surface area contributed by atoms with Crippen molar-refractivity contribution < 1.29 is 5.11 Å². The molecule has 1 heterocycles. The lowest BCUT2D eigenvalue weighted by molar-refractivity contribution is 0.155. The molecule has 0 saturated carbocycles. The van der Waals surface area contributed by atoms with E-state index in [4.69, 9.17) is 0 Å². The van der Waals surface area contributed by atoms with E-state index < -0.39 is 0 Å². The molecule has 110 valence electrons. The Balaban J connectivity index is 1.69. The Morgan fingerprint density at radius 3 is 3.00 bits per heavy atom. The molecule has 21 heavy (non-hydrogen) atoms. The number of aliphatic hydroxyl groups is 1. The van der Waals surface area contributed by atoms with E-state index in [1.807, 2.05) is 30.5 Å². The van der Waals surface area contributed by atoms with Crippen molar-refractivity contribution in [3.8, 4) is 0 Å². The molecule has 1 aliphatic carbocycles. The van der Waals surface area contributed by atoms with E-state index in [1.54, 1.807) is 11.8 Å². The van der Waals surface area contributed by atoms with Crippen molar-refractivity contribution in [2.24, 2.45) is 0 Å². The van der Waals surface area contributed by atoms with Gasteiger partial charge < -0.3 is 5.11 Å². The summed E-state index contributed by atoms with van der Waals surface area (Å²) in [5.74, 6) is 0.869. The van der Waals surface area contributed by atoms with Crippen molar-refractivity contribution in [1.82, 2.24) is 4.98 Å². The molecule has 1 aromatic carbocycles. The van der Waals surface area contributed by atoms with Gasteiger partial charge in [-0.2, -0.15) is 0 Å². The smallest absolute Gasteiger partial charge is 0.0717 e. The molecular weight excluding hydrogens is 346 g/mol. The molecule has 1 N–H and O–H groups in total. The van der Waals surface area contributed by atoms with Gasteiger partial charge in [0.1, 0.15) is 0 Å². The summed E-state index contributed by atoms with van der Waals surface area (Å²) >= 11 is 5.25. The third kappa shape index (κ3) is 3.50. The second kappa shape index (κ2) is 6.95. The van der Waals surface area contributed by atoms with Gasteiger partial charge in [0.05, 0.1) is 6.10 Å². The van der Waals surface area contributed by atoms with Gasteiger partial charge in [-0.3, -0.25) is 4.98 Å². The zero-order valence-corrected chi connectivity index (χ0v) is 14.1. The topological polar surface area (TPSA) is 33.1 Å². The van der Waals surface area contributed by atoms with Crippen LogP contribution in [0.25, 0.3) is 0 Å². The second-order valence-corrected chi connectivity index (χ2v) is 7.27. The number of pyridine rings is 1. The van der Waals surface area contributed by atoms with Crippen molar-refractivity contribution >= 4 is 27.7 Å². The molecule has 2 aromatic rings. The molecule has 2 unspecified atom stereocenters. The number of halogens is 1. The highest BCUT2D eigenvalue weighted by Crippen LogP contribution is 2.35. The number of aliphatic hydroxyl groups excluding tert-OH is 1. The number of benzene rings is 1. The van der Waals surface area contributed by atoms with Crippen LogP contribution in [-0.4, -0.2) is 21.9 Å². The first kappa shape index (κ1) is 15.1. The lowest BCUT2D eigenvalue weighted by Crippen LogP contribution is -2.26. The van der Waals surface area contributed by atoms with Gasteiger partial charge in [-0.25, -0.2) is 0 Å². The van der Waals surface area contributed by atoms with Crippen LogP contribution in [0, 0.1) is 0 Å². The Kier molecular flexibility index (Phi) is 4.99. The Hall–Kier alpha value is -0.840. The van der Waals surface area contributed by atoms with Gasteiger partial charge in [0.2, 0.25) is 0 Å². The second-order valence-electron chi connectivity index (χ2n) is 5.36. The highest BCUT2D eigenvalue weighted by Gasteiger charge is 2.27. The van der Waals surface area contributed by atoms with Crippen molar-refractivity contribution in [2.45, 2.75) is 36.2 Å². The van der Waals surface area contributed by atoms with Crippen molar-refractivity contribution in [1.29, 1.82) is 0 Å². The van der Waals surface area contributed by atoms with Crippen molar-refractivity contribution in [2.75, 3.05) is 5.75 Å². The summed E-state index contributed by atoms with van der Waals surface area (Å²) in [6.07, 6.45) is 4.74. The number of aryl methyl sites for hydroxylation is 1. The van der Waals surface area contributed by atoms with E-state index in [9.17, 15) is 5.11 Å². The Labute approximate surface area is 138 Å². The largest absolute Gasteiger partial charge is 0.392 e. The zero-order valence-electron chi connectivity index (χ0n) is 11.7. The number of hydrogen-bond acceptors (Lipinski definition) is 3. The van der Waals surface area contributed by atoms with Crippen LogP contribution in [-0.2, 0) is 6.42 Å². The molecule has 0 radical (unpaired) electrons. The Bertz CT molecular complexity index is 619. The van der Waals surface area contributed by atoms with Crippen molar-refractivity contribution in [3.63, 3.8) is 0 Å². The SMILES string of the molecule is OC(CSc1ccccc1Br)C1CCCc2cccnc21. The molecule has 0 amide bonds. The quantitative estimate of drug-likeness (QED) is 0.816. The third-order valence-corrected chi connectivity index (χ3v) is 6.08. The lowest BCUT2D eigenvalue weighted by Gasteiger charge is -2.28. The number of fused-ring (bicyclic) bond motifs is 1. The summed E-state index contributed by atoms with van der Waals surface area (Å²) in [5, 5.41) is 10.6. The lowest BCUT2D eigenvalue weighted by atomic mass is 9.84. The van der Waals surface area contributed by atoms with Crippen LogP contribution in [0.4, 0.5) is 0 Å². The molecule has 3 rings (SSSR count). The average molecular weight is 364 g/mol. The van der Waals surface area contributed by atoms with Crippen LogP contribution in [0.3, 0.4) is 0 Å². The molecule has 1 aliphatic rings. The van der Waals surface area contributed by atoms with Crippen LogP contribution in [0.1, 0.15) is 30.0 Å². The number of hydrogen-bond donors (Lipinski definition) is 1. The van der Waals surface area contributed by atoms with E-state index >= 15 is 0 Å². The first-order valence-electron chi connectivity index (χ1n) is 7.25. The minimum absolute atomic E-state index is 0.171. The highest BCUT2D eigenvalue weighted by molar-refractivity contribution is 9.10. The first-order chi connectivity index (χ1) is 10.3. The number of nitrogens with zero attached hydrogens (tertiary/aromatic N) is 1. The number of thioether (sulfide) groups is 1.